The third kappa shape index (κ3) is 6.22. The Morgan fingerprint density at radius 3 is 2.48 bits per heavy atom. The van der Waals surface area contributed by atoms with Gasteiger partial charge < -0.3 is 10.6 Å². The zero-order valence-electron chi connectivity index (χ0n) is 16.1. The summed E-state index contributed by atoms with van der Waals surface area (Å²) in [6, 6.07) is 4.13. The van der Waals surface area contributed by atoms with Crippen LogP contribution in [0.15, 0.2) is 23.1 Å². The molecule has 1 heterocycles. The Balaban J connectivity index is 1.93. The monoisotopic (exact) mass is 457 g/mol. The van der Waals surface area contributed by atoms with E-state index in [9.17, 15) is 19.2 Å². The highest BCUT2D eigenvalue weighted by molar-refractivity contribution is 8.18. The Morgan fingerprint density at radius 2 is 1.86 bits per heavy atom. The molecule has 0 saturated carbocycles. The molecule has 29 heavy (non-hydrogen) atoms. The number of hydrogen-bond acceptors (Lipinski definition) is 5. The van der Waals surface area contributed by atoms with Gasteiger partial charge in [0, 0.05) is 29.1 Å². The van der Waals surface area contributed by atoms with Crippen molar-refractivity contribution in [2.24, 2.45) is 5.92 Å². The van der Waals surface area contributed by atoms with Gasteiger partial charge >= 0.3 is 0 Å². The van der Waals surface area contributed by atoms with Gasteiger partial charge in [-0.05, 0) is 42.5 Å². The van der Waals surface area contributed by atoms with Crippen molar-refractivity contribution in [3.63, 3.8) is 0 Å². The SMILES string of the molecule is CC(C)C(=O)N[C@@H](C)C(=O)NCCN1C(=O)S/C(=C\c2ccc(Cl)cc2Cl)C1=O. The molecule has 0 unspecified atom stereocenters. The summed E-state index contributed by atoms with van der Waals surface area (Å²) in [7, 11) is 0. The summed E-state index contributed by atoms with van der Waals surface area (Å²) in [5.74, 6) is -1.32. The molecule has 1 aromatic rings. The molecule has 0 radical (unpaired) electrons. The lowest BCUT2D eigenvalue weighted by atomic mass is 10.2. The number of hydrogen-bond donors (Lipinski definition) is 2. The standard InChI is InChI=1S/C19H21Cl2N3O4S/c1-10(2)16(25)23-11(3)17(26)22-6-7-24-18(27)15(29-19(24)28)8-12-4-5-13(20)9-14(12)21/h4-5,8-11H,6-7H2,1-3H3,(H,22,26)(H,23,25)/b15-8-/t11-/m0/s1. The van der Waals surface area contributed by atoms with Gasteiger partial charge in [-0.1, -0.05) is 43.1 Å². The fraction of sp³-hybridized carbons (Fsp3) is 0.368. The van der Waals surface area contributed by atoms with Crippen molar-refractivity contribution in [1.82, 2.24) is 15.5 Å². The maximum Gasteiger partial charge on any atom is 0.293 e. The van der Waals surface area contributed by atoms with Crippen molar-refractivity contribution in [3.05, 3.63) is 38.7 Å². The first-order chi connectivity index (χ1) is 13.6. The molecule has 1 atom stereocenters. The number of nitrogens with one attached hydrogen (secondary N) is 2. The first-order valence-corrected chi connectivity index (χ1v) is 10.5. The van der Waals surface area contributed by atoms with Gasteiger partial charge in [0.15, 0.2) is 0 Å². The van der Waals surface area contributed by atoms with Gasteiger partial charge in [-0.3, -0.25) is 24.1 Å². The molecule has 1 fully saturated rings. The van der Waals surface area contributed by atoms with Crippen LogP contribution < -0.4 is 10.6 Å². The van der Waals surface area contributed by atoms with E-state index < -0.39 is 23.1 Å². The molecule has 1 aliphatic heterocycles. The molecular formula is C19H21Cl2N3O4S. The molecule has 2 N–H and O–H groups in total. The van der Waals surface area contributed by atoms with Gasteiger partial charge in [-0.2, -0.15) is 0 Å². The number of thioether (sulfide) groups is 1. The van der Waals surface area contributed by atoms with Gasteiger partial charge in [0.25, 0.3) is 11.1 Å². The zero-order valence-corrected chi connectivity index (χ0v) is 18.5. The molecule has 2 rings (SSSR count). The number of benzene rings is 1. The average molecular weight is 458 g/mol. The van der Waals surface area contributed by atoms with E-state index in [1.807, 2.05) is 0 Å². The molecular weight excluding hydrogens is 437 g/mol. The lowest BCUT2D eigenvalue weighted by Gasteiger charge is -2.17. The van der Waals surface area contributed by atoms with Crippen LogP contribution in [-0.4, -0.2) is 47.0 Å². The van der Waals surface area contributed by atoms with Crippen LogP contribution in [0.1, 0.15) is 26.3 Å². The van der Waals surface area contributed by atoms with Crippen LogP contribution in [-0.2, 0) is 14.4 Å². The van der Waals surface area contributed by atoms with Crippen LogP contribution >= 0.6 is 35.0 Å². The Kier molecular flexibility index (Phi) is 8.13. The molecule has 0 spiro atoms. The molecule has 156 valence electrons. The van der Waals surface area contributed by atoms with Gasteiger partial charge in [-0.25, -0.2) is 0 Å². The second kappa shape index (κ2) is 10.1. The Morgan fingerprint density at radius 1 is 1.17 bits per heavy atom. The summed E-state index contributed by atoms with van der Waals surface area (Å²) in [4.78, 5) is 49.6. The largest absolute Gasteiger partial charge is 0.353 e. The first-order valence-electron chi connectivity index (χ1n) is 8.88. The van der Waals surface area contributed by atoms with Crippen molar-refractivity contribution >= 4 is 64.0 Å². The highest BCUT2D eigenvalue weighted by Crippen LogP contribution is 2.33. The summed E-state index contributed by atoms with van der Waals surface area (Å²) in [5.41, 5.74) is 0.574. The number of carbonyl (C=O) groups excluding carboxylic acids is 4. The van der Waals surface area contributed by atoms with Crippen molar-refractivity contribution < 1.29 is 19.2 Å². The lowest BCUT2D eigenvalue weighted by molar-refractivity contribution is -0.130. The highest BCUT2D eigenvalue weighted by atomic mass is 35.5. The molecule has 10 heteroatoms. The Hall–Kier alpha value is -2.03. The molecule has 0 aliphatic carbocycles. The van der Waals surface area contributed by atoms with E-state index >= 15 is 0 Å². The van der Waals surface area contributed by atoms with Crippen LogP contribution in [0, 0.1) is 5.92 Å². The number of imide groups is 1. The number of carbonyl (C=O) groups is 4. The second-order valence-electron chi connectivity index (χ2n) is 6.68. The summed E-state index contributed by atoms with van der Waals surface area (Å²) in [6.45, 7) is 5.12. The summed E-state index contributed by atoms with van der Waals surface area (Å²) >= 11 is 12.8. The molecule has 1 saturated heterocycles. The van der Waals surface area contributed by atoms with Crippen LogP contribution in [0.25, 0.3) is 6.08 Å². The van der Waals surface area contributed by atoms with E-state index in [-0.39, 0.29) is 29.8 Å². The highest BCUT2D eigenvalue weighted by Gasteiger charge is 2.34. The molecule has 4 amide bonds. The second-order valence-corrected chi connectivity index (χ2v) is 8.51. The van der Waals surface area contributed by atoms with Crippen LogP contribution in [0.3, 0.4) is 0 Å². The zero-order chi connectivity index (χ0) is 21.7. The number of nitrogens with zero attached hydrogens (tertiary/aromatic N) is 1. The fourth-order valence-corrected chi connectivity index (χ4v) is 3.66. The van der Waals surface area contributed by atoms with E-state index in [4.69, 9.17) is 23.2 Å². The minimum Gasteiger partial charge on any atom is -0.353 e. The summed E-state index contributed by atoms with van der Waals surface area (Å²) in [6.07, 6.45) is 1.53. The van der Waals surface area contributed by atoms with E-state index in [1.165, 1.54) is 6.08 Å². The number of halogens is 2. The molecule has 7 nitrogen and oxygen atoms in total. The predicted molar refractivity (Wildman–Crippen MR) is 115 cm³/mol. The van der Waals surface area contributed by atoms with E-state index in [2.05, 4.69) is 10.6 Å². The normalized spacial score (nSPS) is 16.5. The maximum atomic E-state index is 12.5. The van der Waals surface area contributed by atoms with Crippen LogP contribution in [0.4, 0.5) is 4.79 Å². The van der Waals surface area contributed by atoms with Crippen molar-refractivity contribution in [2.75, 3.05) is 13.1 Å². The van der Waals surface area contributed by atoms with Crippen LogP contribution in [0.5, 0.6) is 0 Å². The van der Waals surface area contributed by atoms with Crippen molar-refractivity contribution in [3.8, 4) is 0 Å². The average Bonchev–Trinajstić information content (AvgIpc) is 2.91. The summed E-state index contributed by atoms with van der Waals surface area (Å²) < 4.78 is 0. The topological polar surface area (TPSA) is 95.6 Å². The number of rotatable bonds is 7. The van der Waals surface area contributed by atoms with Gasteiger partial charge in [-0.15, -0.1) is 0 Å². The fourth-order valence-electron chi connectivity index (χ4n) is 2.34. The third-order valence-corrected chi connectivity index (χ3v) is 5.50. The minimum atomic E-state index is -0.716. The molecule has 1 aliphatic rings. The van der Waals surface area contributed by atoms with E-state index in [0.717, 1.165) is 16.7 Å². The van der Waals surface area contributed by atoms with E-state index in [0.29, 0.717) is 15.6 Å². The Labute approximate surface area is 183 Å². The maximum absolute atomic E-state index is 12.5. The molecule has 0 bridgehead atoms. The smallest absolute Gasteiger partial charge is 0.293 e. The molecule has 1 aromatic carbocycles. The van der Waals surface area contributed by atoms with Crippen molar-refractivity contribution in [1.29, 1.82) is 0 Å². The number of amides is 4. The van der Waals surface area contributed by atoms with Gasteiger partial charge in [0.05, 0.1) is 4.91 Å². The van der Waals surface area contributed by atoms with Crippen LogP contribution in [0.2, 0.25) is 10.0 Å². The van der Waals surface area contributed by atoms with E-state index in [1.54, 1.807) is 39.0 Å². The quantitative estimate of drug-likeness (QED) is 0.612. The minimum absolute atomic E-state index is 0.0208. The van der Waals surface area contributed by atoms with Gasteiger partial charge in [0.2, 0.25) is 11.8 Å². The predicted octanol–water partition coefficient (Wildman–Crippen LogP) is 3.31. The lowest BCUT2D eigenvalue weighted by Crippen LogP contribution is -2.47. The first kappa shape index (κ1) is 23.3. The van der Waals surface area contributed by atoms with Gasteiger partial charge in [0.1, 0.15) is 6.04 Å². The molecule has 0 aromatic heterocycles. The summed E-state index contributed by atoms with van der Waals surface area (Å²) in [5, 5.41) is 5.60. The third-order valence-electron chi connectivity index (χ3n) is 4.03. The van der Waals surface area contributed by atoms with Crippen molar-refractivity contribution in [2.45, 2.75) is 26.8 Å². The Bertz CT molecular complexity index is 873.